The number of aromatic nitrogens is 1. The number of hydrogen-bond acceptors (Lipinski definition) is 2. The molecule has 2 nitrogen and oxygen atoms in total. The number of halogens is 1. The molecule has 1 heterocycles. The van der Waals surface area contributed by atoms with Gasteiger partial charge >= 0.3 is 0 Å². The van der Waals surface area contributed by atoms with E-state index in [9.17, 15) is 0 Å². The highest BCUT2D eigenvalue weighted by Gasteiger charge is 2.30. The lowest BCUT2D eigenvalue weighted by molar-refractivity contribution is 0.373. The average molecular weight is 303 g/mol. The summed E-state index contributed by atoms with van der Waals surface area (Å²) in [6.45, 7) is 0. The van der Waals surface area contributed by atoms with E-state index in [1.807, 2.05) is 18.3 Å². The van der Waals surface area contributed by atoms with Gasteiger partial charge in [-0.2, -0.15) is 0 Å². The quantitative estimate of drug-likeness (QED) is 0.919. The Hall–Kier alpha value is -1.35. The van der Waals surface area contributed by atoms with Crippen LogP contribution in [0.4, 0.5) is 5.82 Å². The van der Waals surface area contributed by atoms with Gasteiger partial charge in [0, 0.05) is 16.7 Å². The smallest absolute Gasteiger partial charge is 0.126 e. The van der Waals surface area contributed by atoms with E-state index in [1.54, 1.807) is 0 Å². The van der Waals surface area contributed by atoms with Gasteiger partial charge in [-0.1, -0.05) is 30.3 Å². The first-order chi connectivity index (χ1) is 8.81. The molecule has 1 fully saturated rings. The zero-order valence-electron chi connectivity index (χ0n) is 10.0. The molecular formula is C15H15BrN2. The number of hydrogen-bond donors (Lipinski definition) is 1. The van der Waals surface area contributed by atoms with Gasteiger partial charge in [0.05, 0.1) is 0 Å². The third-order valence-corrected chi connectivity index (χ3v) is 3.96. The lowest BCUT2D eigenvalue weighted by Crippen LogP contribution is -2.34. The minimum absolute atomic E-state index is 0.559. The van der Waals surface area contributed by atoms with Crippen molar-refractivity contribution < 1.29 is 0 Å². The first-order valence-electron chi connectivity index (χ1n) is 6.24. The maximum absolute atomic E-state index is 4.34. The summed E-state index contributed by atoms with van der Waals surface area (Å²) in [4.78, 5) is 4.34. The largest absolute Gasteiger partial charge is 0.367 e. The Kier molecular flexibility index (Phi) is 3.33. The fourth-order valence-corrected chi connectivity index (χ4v) is 2.64. The lowest BCUT2D eigenvalue weighted by atomic mass is 9.76. The molecule has 1 aliphatic rings. The van der Waals surface area contributed by atoms with Crippen LogP contribution in [0, 0.1) is 0 Å². The van der Waals surface area contributed by atoms with Crippen LogP contribution in [-0.4, -0.2) is 11.0 Å². The number of anilines is 1. The molecule has 92 valence electrons. The summed E-state index contributed by atoms with van der Waals surface area (Å²) in [5.74, 6) is 1.67. The van der Waals surface area contributed by atoms with E-state index in [-0.39, 0.29) is 0 Å². The molecule has 0 unspecified atom stereocenters. The average Bonchev–Trinajstić information content (AvgIpc) is 2.36. The van der Waals surface area contributed by atoms with Gasteiger partial charge in [0.25, 0.3) is 0 Å². The van der Waals surface area contributed by atoms with Crippen LogP contribution in [0.15, 0.2) is 53.1 Å². The zero-order valence-corrected chi connectivity index (χ0v) is 11.6. The van der Waals surface area contributed by atoms with Crippen LogP contribution in [0.1, 0.15) is 24.3 Å². The van der Waals surface area contributed by atoms with Gasteiger partial charge in [0.2, 0.25) is 0 Å². The second-order valence-electron chi connectivity index (χ2n) is 4.78. The summed E-state index contributed by atoms with van der Waals surface area (Å²) in [6.07, 6.45) is 4.22. The SMILES string of the molecule is Brc1ccc(NC2CC(c3ccccc3)C2)nc1. The van der Waals surface area contributed by atoms with Crippen LogP contribution < -0.4 is 5.32 Å². The van der Waals surface area contributed by atoms with Gasteiger partial charge in [-0.25, -0.2) is 4.98 Å². The summed E-state index contributed by atoms with van der Waals surface area (Å²) in [5, 5.41) is 3.47. The van der Waals surface area contributed by atoms with E-state index in [2.05, 4.69) is 56.6 Å². The number of pyridine rings is 1. The summed E-state index contributed by atoms with van der Waals surface area (Å²) in [6, 6.07) is 15.3. The predicted octanol–water partition coefficient (Wildman–Crippen LogP) is 4.20. The molecule has 1 saturated carbocycles. The second-order valence-corrected chi connectivity index (χ2v) is 5.70. The second kappa shape index (κ2) is 5.11. The minimum Gasteiger partial charge on any atom is -0.367 e. The monoisotopic (exact) mass is 302 g/mol. The van der Waals surface area contributed by atoms with Gasteiger partial charge in [0.1, 0.15) is 5.82 Å². The Morgan fingerprint density at radius 2 is 1.83 bits per heavy atom. The molecular weight excluding hydrogens is 288 g/mol. The van der Waals surface area contributed by atoms with Crippen LogP contribution >= 0.6 is 15.9 Å². The summed E-state index contributed by atoms with van der Waals surface area (Å²) >= 11 is 3.39. The molecule has 0 atom stereocenters. The van der Waals surface area contributed by atoms with Crippen molar-refractivity contribution in [3.63, 3.8) is 0 Å². The van der Waals surface area contributed by atoms with Crippen molar-refractivity contribution in [3.05, 3.63) is 58.7 Å². The van der Waals surface area contributed by atoms with E-state index in [0.29, 0.717) is 12.0 Å². The normalized spacial score (nSPS) is 22.3. The summed E-state index contributed by atoms with van der Waals surface area (Å²) in [5.41, 5.74) is 1.46. The molecule has 2 aromatic rings. The highest BCUT2D eigenvalue weighted by atomic mass is 79.9. The van der Waals surface area contributed by atoms with Crippen molar-refractivity contribution in [3.8, 4) is 0 Å². The third-order valence-electron chi connectivity index (χ3n) is 3.49. The molecule has 1 aliphatic carbocycles. The molecule has 0 aliphatic heterocycles. The van der Waals surface area contributed by atoms with Crippen LogP contribution in [0.5, 0.6) is 0 Å². The first-order valence-corrected chi connectivity index (χ1v) is 7.03. The fourth-order valence-electron chi connectivity index (χ4n) is 2.40. The molecule has 0 radical (unpaired) electrons. The molecule has 0 spiro atoms. The highest BCUT2D eigenvalue weighted by molar-refractivity contribution is 9.10. The number of nitrogens with one attached hydrogen (secondary N) is 1. The van der Waals surface area contributed by atoms with E-state index in [1.165, 1.54) is 18.4 Å². The zero-order chi connectivity index (χ0) is 12.4. The Labute approximate surface area is 116 Å². The molecule has 0 bridgehead atoms. The van der Waals surface area contributed by atoms with Crippen LogP contribution in [0.2, 0.25) is 0 Å². The van der Waals surface area contributed by atoms with Crippen molar-refractivity contribution in [2.24, 2.45) is 0 Å². The predicted molar refractivity (Wildman–Crippen MR) is 77.8 cm³/mol. The van der Waals surface area contributed by atoms with Crippen LogP contribution in [-0.2, 0) is 0 Å². The Morgan fingerprint density at radius 3 is 2.50 bits per heavy atom. The number of nitrogens with zero attached hydrogens (tertiary/aromatic N) is 1. The van der Waals surface area contributed by atoms with Gasteiger partial charge in [-0.15, -0.1) is 0 Å². The molecule has 1 aromatic carbocycles. The molecule has 18 heavy (non-hydrogen) atoms. The standard InChI is InChI=1S/C15H15BrN2/c16-13-6-7-15(17-10-13)18-14-8-12(9-14)11-4-2-1-3-5-11/h1-7,10,12,14H,8-9H2,(H,17,18). The highest BCUT2D eigenvalue weighted by Crippen LogP contribution is 2.38. The van der Waals surface area contributed by atoms with Crippen molar-refractivity contribution >= 4 is 21.7 Å². The van der Waals surface area contributed by atoms with Gasteiger partial charge in [-0.3, -0.25) is 0 Å². The lowest BCUT2D eigenvalue weighted by Gasteiger charge is -2.36. The van der Waals surface area contributed by atoms with Gasteiger partial charge < -0.3 is 5.32 Å². The summed E-state index contributed by atoms with van der Waals surface area (Å²) < 4.78 is 1.02. The number of rotatable bonds is 3. The molecule has 1 N–H and O–H groups in total. The van der Waals surface area contributed by atoms with E-state index in [4.69, 9.17) is 0 Å². The van der Waals surface area contributed by atoms with Gasteiger partial charge in [0.15, 0.2) is 0 Å². The van der Waals surface area contributed by atoms with Gasteiger partial charge in [-0.05, 0) is 52.4 Å². The minimum atomic E-state index is 0.559. The topological polar surface area (TPSA) is 24.9 Å². The Bertz CT molecular complexity index is 504. The van der Waals surface area contributed by atoms with E-state index < -0.39 is 0 Å². The van der Waals surface area contributed by atoms with Crippen LogP contribution in [0.3, 0.4) is 0 Å². The van der Waals surface area contributed by atoms with Crippen molar-refractivity contribution in [1.82, 2.24) is 4.98 Å². The van der Waals surface area contributed by atoms with Crippen molar-refractivity contribution in [1.29, 1.82) is 0 Å². The van der Waals surface area contributed by atoms with Crippen LogP contribution in [0.25, 0.3) is 0 Å². The Balaban J connectivity index is 1.55. The fraction of sp³-hybridized carbons (Fsp3) is 0.267. The van der Waals surface area contributed by atoms with E-state index >= 15 is 0 Å². The molecule has 0 amide bonds. The number of benzene rings is 1. The molecule has 3 rings (SSSR count). The third kappa shape index (κ3) is 2.56. The first kappa shape index (κ1) is 11.7. The van der Waals surface area contributed by atoms with Crippen molar-refractivity contribution in [2.75, 3.05) is 5.32 Å². The maximum Gasteiger partial charge on any atom is 0.126 e. The van der Waals surface area contributed by atoms with E-state index in [0.717, 1.165) is 10.3 Å². The molecule has 0 saturated heterocycles. The summed E-state index contributed by atoms with van der Waals surface area (Å²) in [7, 11) is 0. The van der Waals surface area contributed by atoms with Crippen molar-refractivity contribution in [2.45, 2.75) is 24.8 Å². The molecule has 3 heteroatoms. The maximum atomic E-state index is 4.34. The Morgan fingerprint density at radius 1 is 1.06 bits per heavy atom. The molecule has 1 aromatic heterocycles.